The minimum atomic E-state index is -2.39. The largest absolute Gasteiger partial charge is 0.507 e. The zero-order valence-corrected chi connectivity index (χ0v) is 54.9. The average molecular weight is 1270 g/mol. The van der Waals surface area contributed by atoms with Crippen LogP contribution >= 0.6 is 0 Å². The van der Waals surface area contributed by atoms with Gasteiger partial charge in [-0.25, -0.2) is 0 Å². The van der Waals surface area contributed by atoms with Crippen molar-refractivity contribution in [1.29, 1.82) is 0 Å². The van der Waals surface area contributed by atoms with Gasteiger partial charge in [0.25, 0.3) is 5.91 Å². The molecule has 23 nitrogen and oxygen atoms in total. The molecule has 518 valence electrons. The number of ether oxygens (including phenoxy) is 1. The number of aliphatic hydroxyl groups is 19. The van der Waals surface area contributed by atoms with Crippen LogP contribution in [0.4, 0.5) is 0 Å². The van der Waals surface area contributed by atoms with Crippen LogP contribution in [0.5, 0.6) is 0 Å². The smallest absolute Gasteiger partial charge is 0.261 e. The molecular formula is C65H121NO22. The number of amides is 1. The Morgan fingerprint density at radius 1 is 0.545 bits per heavy atom. The van der Waals surface area contributed by atoms with Gasteiger partial charge in [0.05, 0.1) is 97.6 Å². The number of likely N-dealkylation sites (tertiary alicyclic amines) is 1. The number of carbonyl (C=O) groups excluding carboxylic acids is 2. The van der Waals surface area contributed by atoms with E-state index in [2.05, 4.69) is 6.92 Å². The molecule has 0 aromatic rings. The Morgan fingerprint density at radius 2 is 0.977 bits per heavy atom. The second-order valence-corrected chi connectivity index (χ2v) is 27.6. The predicted octanol–water partition coefficient (Wildman–Crippen LogP) is 1.77. The summed E-state index contributed by atoms with van der Waals surface area (Å²) in [5, 5.41) is 209. The van der Waals surface area contributed by atoms with E-state index in [1.54, 1.807) is 26.8 Å². The van der Waals surface area contributed by atoms with E-state index in [1.807, 2.05) is 13.8 Å². The summed E-state index contributed by atoms with van der Waals surface area (Å²) in [4.78, 5) is 26.4. The first-order valence-electron chi connectivity index (χ1n) is 32.7. The number of allylic oxidation sites excluding steroid dienone is 2. The Balaban J connectivity index is 1.86. The fraction of sp³-hybridized carbons (Fsp3) is 0.908. The number of hydrogen-bond donors (Lipinski definition) is 19. The normalized spacial score (nSPS) is 29.2. The minimum Gasteiger partial charge on any atom is -0.507 e. The van der Waals surface area contributed by atoms with Gasteiger partial charge in [-0.15, -0.1) is 0 Å². The second-order valence-electron chi connectivity index (χ2n) is 27.6. The van der Waals surface area contributed by atoms with E-state index in [-0.39, 0.29) is 68.1 Å². The molecule has 1 amide bonds. The standard InChI is InChI=1S/C65H121NO22/c1-14-15-16-17-18-19-20-21-43(67)31-65(87)63(85)62(84)61(83)52(88-65)25-35(5)54(76)36(6)47(71)28-45(69)26-44(68)27-46(70)29-48(72)37(7)56(78)38(8)49(73)30-50(74)39(9)57(79)40(10)58(80)41(11)59(81)51(75)24-33(3)22-32(2)23-34(4)55(77)53-60(82)42(12)66(13)64(53)86/h23,32-33,35-52,54,56-59,61-63,67-81,83-85,87H,14-22,24-31H2,1-13H3/b34-23+,55-53+/t32-,33-,35-,36+,37+,38-,39+,40-,41-,42+,43-,44+,45+,46-,47-,48+,49-,50+,51+,52+,54-,56-,57+,58-,59-,61-,62-,63+,65-/m1/s1. The number of carbonyl (C=O) groups is 2. The van der Waals surface area contributed by atoms with E-state index >= 15 is 0 Å². The summed E-state index contributed by atoms with van der Waals surface area (Å²) in [7, 11) is 1.49. The quantitative estimate of drug-likeness (QED) is 0.0179. The first-order valence-corrected chi connectivity index (χ1v) is 32.7. The monoisotopic (exact) mass is 1270 g/mol. The maximum Gasteiger partial charge on any atom is 0.261 e. The van der Waals surface area contributed by atoms with Crippen LogP contribution in [-0.2, 0) is 14.3 Å². The summed E-state index contributed by atoms with van der Waals surface area (Å²) in [6, 6.07) is -0.686. The lowest BCUT2D eigenvalue weighted by Crippen LogP contribution is -2.65. The molecule has 23 heteroatoms. The van der Waals surface area contributed by atoms with E-state index in [4.69, 9.17) is 4.74 Å². The van der Waals surface area contributed by atoms with Crippen molar-refractivity contribution < 1.29 is 111 Å². The van der Waals surface area contributed by atoms with Crippen molar-refractivity contribution in [3.05, 3.63) is 23.0 Å². The van der Waals surface area contributed by atoms with Gasteiger partial charge in [-0.3, -0.25) is 9.59 Å². The molecule has 88 heavy (non-hydrogen) atoms. The molecule has 0 spiro atoms. The fourth-order valence-corrected chi connectivity index (χ4v) is 13.0. The lowest BCUT2D eigenvalue weighted by molar-refractivity contribution is -0.355. The van der Waals surface area contributed by atoms with Gasteiger partial charge in [0.1, 0.15) is 29.6 Å². The molecule has 0 aromatic heterocycles. The molecule has 29 atom stereocenters. The molecule has 2 saturated heterocycles. The Kier molecular flexibility index (Phi) is 35.4. The van der Waals surface area contributed by atoms with Crippen LogP contribution in [0.3, 0.4) is 0 Å². The van der Waals surface area contributed by atoms with Crippen LogP contribution in [0.2, 0.25) is 0 Å². The van der Waals surface area contributed by atoms with E-state index in [9.17, 15) is 107 Å². The van der Waals surface area contributed by atoms with Gasteiger partial charge in [-0.05, 0) is 95.0 Å². The number of ketones is 1. The molecule has 0 radical (unpaired) electrons. The molecule has 0 bridgehead atoms. The zero-order valence-electron chi connectivity index (χ0n) is 54.9. The molecule has 0 saturated carbocycles. The van der Waals surface area contributed by atoms with Gasteiger partial charge in [-0.1, -0.05) is 120 Å². The highest BCUT2D eigenvalue weighted by Gasteiger charge is 2.54. The molecule has 2 rings (SSSR count). The van der Waals surface area contributed by atoms with Gasteiger partial charge in [-0.2, -0.15) is 0 Å². The summed E-state index contributed by atoms with van der Waals surface area (Å²) in [5.74, 6) is -10.5. The van der Waals surface area contributed by atoms with Crippen LogP contribution < -0.4 is 0 Å². The van der Waals surface area contributed by atoms with Crippen LogP contribution in [0, 0.1) is 53.3 Å². The molecule has 19 N–H and O–H groups in total. The lowest BCUT2D eigenvalue weighted by atomic mass is 9.77. The molecule has 2 aliphatic rings. The SMILES string of the molecule is CCCCCCCCC[C@@H](O)C[C@@]1(O)O[C@@H](C[C@@H](C)[C@@H](O)[C@@H](C)[C@H](O)C[C@@H](O)C[C@H](O)C[C@@H](O)C[C@H](O)[C@H](C)[C@@H](O)[C@H](C)[C@H](O)C[C@H](O)[C@H](C)[C@H](O)[C@@H](C)[C@@H](O)[C@@H](C)[C@@H](O)[C@@H](O)C[C@H](C)C[C@@H](C)/C=C(C)/C(O)=C2/C(=O)[C@H](C)N(C)C2=O)[C@@H](O)[C@@H](O)[C@@H]1O. The maximum atomic E-state index is 12.6. The number of Topliss-reactive ketones (excluding diaryl/α,β-unsaturated/α-hetero) is 1. The third-order valence-corrected chi connectivity index (χ3v) is 19.8. The fourth-order valence-electron chi connectivity index (χ4n) is 13.0. The van der Waals surface area contributed by atoms with E-state index in [1.165, 1.54) is 53.5 Å². The molecule has 2 aliphatic heterocycles. The number of aliphatic hydroxyl groups excluding tert-OH is 18. The van der Waals surface area contributed by atoms with Crippen molar-refractivity contribution >= 4 is 11.7 Å². The van der Waals surface area contributed by atoms with Crippen LogP contribution in [0.25, 0.3) is 0 Å². The molecular weight excluding hydrogens is 1150 g/mol. The summed E-state index contributed by atoms with van der Waals surface area (Å²) in [5.41, 5.74) is 0.0930. The highest BCUT2D eigenvalue weighted by Crippen LogP contribution is 2.37. The number of hydrogen-bond acceptors (Lipinski definition) is 22. The third kappa shape index (κ3) is 23.9. The summed E-state index contributed by atoms with van der Waals surface area (Å²) in [6.45, 7) is 19.7. The van der Waals surface area contributed by atoms with Crippen molar-refractivity contribution in [1.82, 2.24) is 4.90 Å². The molecule has 2 heterocycles. The van der Waals surface area contributed by atoms with Crippen molar-refractivity contribution in [3.63, 3.8) is 0 Å². The summed E-state index contributed by atoms with van der Waals surface area (Å²) in [6.07, 6.45) is -17.6. The van der Waals surface area contributed by atoms with Crippen molar-refractivity contribution in [2.24, 2.45) is 53.3 Å². The third-order valence-electron chi connectivity index (χ3n) is 19.8. The Bertz CT molecular complexity index is 2070. The zero-order chi connectivity index (χ0) is 67.6. The van der Waals surface area contributed by atoms with Crippen LogP contribution in [0.15, 0.2) is 23.0 Å². The van der Waals surface area contributed by atoms with E-state index in [0.717, 1.165) is 38.5 Å². The lowest BCUT2D eigenvalue weighted by Gasteiger charge is -2.47. The highest BCUT2D eigenvalue weighted by molar-refractivity contribution is 6.26. The second kappa shape index (κ2) is 38.1. The average Bonchev–Trinajstić information content (AvgIpc) is 1.92. The van der Waals surface area contributed by atoms with E-state index < -0.39 is 181 Å². The van der Waals surface area contributed by atoms with Gasteiger partial charge in [0.15, 0.2) is 11.6 Å². The molecule has 0 aromatic carbocycles. The predicted molar refractivity (Wildman–Crippen MR) is 329 cm³/mol. The Morgan fingerprint density at radius 3 is 1.47 bits per heavy atom. The van der Waals surface area contributed by atoms with Crippen molar-refractivity contribution in [3.8, 4) is 0 Å². The summed E-state index contributed by atoms with van der Waals surface area (Å²) < 4.78 is 5.75. The molecule has 2 fully saturated rings. The summed E-state index contributed by atoms with van der Waals surface area (Å²) >= 11 is 0. The number of likely N-dealkylation sites (N-methyl/N-ethyl adjacent to an activating group) is 1. The van der Waals surface area contributed by atoms with E-state index in [0.29, 0.717) is 24.8 Å². The van der Waals surface area contributed by atoms with Crippen LogP contribution in [-0.4, -0.2) is 242 Å². The number of rotatable bonds is 42. The van der Waals surface area contributed by atoms with Gasteiger partial charge in [0, 0.05) is 49.0 Å². The number of nitrogens with zero attached hydrogens (tertiary/aromatic N) is 1. The van der Waals surface area contributed by atoms with Gasteiger partial charge >= 0.3 is 0 Å². The molecule has 0 unspecified atom stereocenters. The van der Waals surface area contributed by atoms with Crippen molar-refractivity contribution in [2.45, 2.75) is 314 Å². The van der Waals surface area contributed by atoms with Gasteiger partial charge < -0.3 is 107 Å². The topological polar surface area (TPSA) is 431 Å². The highest BCUT2D eigenvalue weighted by atomic mass is 16.7. The first kappa shape index (κ1) is 81.8. The maximum absolute atomic E-state index is 12.6. The number of unbranched alkanes of at least 4 members (excludes halogenated alkanes) is 6. The Labute approximate surface area is 523 Å². The molecule has 0 aliphatic carbocycles. The Hall–Kier alpha value is -2.34. The first-order chi connectivity index (χ1) is 40.8. The van der Waals surface area contributed by atoms with Gasteiger partial charge in [0.2, 0.25) is 0 Å². The van der Waals surface area contributed by atoms with Crippen LogP contribution in [0.1, 0.15) is 192 Å². The van der Waals surface area contributed by atoms with Crippen molar-refractivity contribution in [2.75, 3.05) is 7.05 Å². The minimum absolute atomic E-state index is 0.128.